The molecule has 1 fully saturated rings. The highest BCUT2D eigenvalue weighted by Gasteiger charge is 2.45. The van der Waals surface area contributed by atoms with E-state index in [-0.39, 0.29) is 5.54 Å². The van der Waals surface area contributed by atoms with Crippen molar-refractivity contribution in [1.82, 2.24) is 5.16 Å². The lowest BCUT2D eigenvalue weighted by Crippen LogP contribution is -2.18. The lowest BCUT2D eigenvalue weighted by Gasteiger charge is -2.02. The van der Waals surface area contributed by atoms with Crippen LogP contribution in [0.15, 0.2) is 4.52 Å². The number of aromatic nitrogens is 1. The predicted octanol–water partition coefficient (Wildman–Crippen LogP) is 1.24. The molecule has 1 aliphatic rings. The summed E-state index contributed by atoms with van der Waals surface area (Å²) < 4.78 is 5.15. The summed E-state index contributed by atoms with van der Waals surface area (Å²) in [6.07, 6.45) is 2.06. The minimum atomic E-state index is -0.175. The van der Waals surface area contributed by atoms with Crippen molar-refractivity contribution in [2.45, 2.75) is 32.2 Å². The molecule has 0 radical (unpaired) electrons. The van der Waals surface area contributed by atoms with Gasteiger partial charge < -0.3 is 10.3 Å². The van der Waals surface area contributed by atoms with Gasteiger partial charge in [-0.25, -0.2) is 0 Å². The molecule has 0 saturated heterocycles. The molecule has 3 heteroatoms. The zero-order chi connectivity index (χ0) is 8.06. The van der Waals surface area contributed by atoms with Gasteiger partial charge >= 0.3 is 0 Å². The van der Waals surface area contributed by atoms with Crippen LogP contribution in [-0.2, 0) is 5.54 Å². The van der Waals surface area contributed by atoms with E-state index in [4.69, 9.17) is 10.3 Å². The fraction of sp³-hybridized carbons (Fsp3) is 0.625. The van der Waals surface area contributed by atoms with E-state index in [1.807, 2.05) is 13.8 Å². The van der Waals surface area contributed by atoms with Crippen LogP contribution in [0.1, 0.15) is 29.9 Å². The average Bonchev–Trinajstić information content (AvgIpc) is 2.60. The molecule has 1 aliphatic carbocycles. The number of nitrogens with zero attached hydrogens (tertiary/aromatic N) is 1. The van der Waals surface area contributed by atoms with Gasteiger partial charge in [-0.15, -0.1) is 0 Å². The first-order valence-electron chi connectivity index (χ1n) is 3.86. The molecule has 11 heavy (non-hydrogen) atoms. The van der Waals surface area contributed by atoms with Gasteiger partial charge in [-0.05, 0) is 26.7 Å². The van der Waals surface area contributed by atoms with Crippen molar-refractivity contribution < 1.29 is 4.52 Å². The number of rotatable bonds is 1. The fourth-order valence-electron chi connectivity index (χ4n) is 1.24. The van der Waals surface area contributed by atoms with E-state index < -0.39 is 0 Å². The van der Waals surface area contributed by atoms with Gasteiger partial charge in [0.15, 0.2) is 5.76 Å². The van der Waals surface area contributed by atoms with E-state index in [0.29, 0.717) is 0 Å². The normalized spacial score (nSPS) is 20.3. The number of hydrogen-bond donors (Lipinski definition) is 1. The SMILES string of the molecule is Cc1noc(C2(N)CC2)c1C. The Hall–Kier alpha value is -0.830. The van der Waals surface area contributed by atoms with Crippen LogP contribution in [0.2, 0.25) is 0 Å². The van der Waals surface area contributed by atoms with E-state index in [2.05, 4.69) is 5.16 Å². The molecule has 0 aliphatic heterocycles. The lowest BCUT2D eigenvalue weighted by molar-refractivity contribution is 0.351. The molecule has 0 aromatic carbocycles. The van der Waals surface area contributed by atoms with E-state index in [1.165, 1.54) is 0 Å². The molecule has 1 aromatic heterocycles. The van der Waals surface area contributed by atoms with E-state index in [1.54, 1.807) is 0 Å². The van der Waals surface area contributed by atoms with Crippen LogP contribution in [0.4, 0.5) is 0 Å². The smallest absolute Gasteiger partial charge is 0.159 e. The molecule has 0 bridgehead atoms. The minimum Gasteiger partial charge on any atom is -0.359 e. The van der Waals surface area contributed by atoms with Gasteiger partial charge in [-0.2, -0.15) is 0 Å². The molecule has 0 spiro atoms. The fourth-order valence-corrected chi connectivity index (χ4v) is 1.24. The van der Waals surface area contributed by atoms with Gasteiger partial charge in [0.05, 0.1) is 11.2 Å². The van der Waals surface area contributed by atoms with Crippen molar-refractivity contribution in [3.63, 3.8) is 0 Å². The van der Waals surface area contributed by atoms with Gasteiger partial charge in [0, 0.05) is 5.56 Å². The molecule has 0 atom stereocenters. The van der Waals surface area contributed by atoms with Crippen LogP contribution < -0.4 is 5.73 Å². The van der Waals surface area contributed by atoms with Gasteiger partial charge in [0.25, 0.3) is 0 Å². The van der Waals surface area contributed by atoms with E-state index in [9.17, 15) is 0 Å². The van der Waals surface area contributed by atoms with Crippen molar-refractivity contribution in [1.29, 1.82) is 0 Å². The maximum absolute atomic E-state index is 5.95. The first-order valence-corrected chi connectivity index (χ1v) is 3.86. The first-order chi connectivity index (χ1) is 5.13. The van der Waals surface area contributed by atoms with Crippen LogP contribution in [0.25, 0.3) is 0 Å². The second-order valence-corrected chi connectivity index (χ2v) is 3.38. The van der Waals surface area contributed by atoms with E-state index in [0.717, 1.165) is 29.9 Å². The monoisotopic (exact) mass is 152 g/mol. The Kier molecular flexibility index (Phi) is 1.16. The van der Waals surface area contributed by atoms with E-state index >= 15 is 0 Å². The Morgan fingerprint density at radius 3 is 2.45 bits per heavy atom. The summed E-state index contributed by atoms with van der Waals surface area (Å²) in [6, 6.07) is 0. The highest BCUT2D eigenvalue weighted by Crippen LogP contribution is 2.44. The number of nitrogens with two attached hydrogens (primary N) is 1. The summed E-state index contributed by atoms with van der Waals surface area (Å²) in [4.78, 5) is 0. The first kappa shape index (κ1) is 6.85. The Morgan fingerprint density at radius 1 is 1.45 bits per heavy atom. The summed E-state index contributed by atoms with van der Waals surface area (Å²) in [7, 11) is 0. The molecule has 0 unspecified atom stereocenters. The zero-order valence-electron chi connectivity index (χ0n) is 6.85. The summed E-state index contributed by atoms with van der Waals surface area (Å²) in [6.45, 7) is 3.95. The highest BCUT2D eigenvalue weighted by molar-refractivity contribution is 5.30. The molecule has 2 rings (SSSR count). The van der Waals surface area contributed by atoms with Crippen molar-refractivity contribution >= 4 is 0 Å². The van der Waals surface area contributed by atoms with Gasteiger partial charge in [0.2, 0.25) is 0 Å². The van der Waals surface area contributed by atoms with Crippen LogP contribution >= 0.6 is 0 Å². The van der Waals surface area contributed by atoms with Gasteiger partial charge in [-0.3, -0.25) is 0 Å². The third-order valence-corrected chi connectivity index (χ3v) is 2.40. The summed E-state index contributed by atoms with van der Waals surface area (Å²) in [5.41, 5.74) is 7.84. The number of aryl methyl sites for hydroxylation is 1. The molecule has 2 N–H and O–H groups in total. The highest BCUT2D eigenvalue weighted by atomic mass is 16.5. The van der Waals surface area contributed by atoms with Crippen LogP contribution in [0.3, 0.4) is 0 Å². The lowest BCUT2D eigenvalue weighted by atomic mass is 10.1. The van der Waals surface area contributed by atoms with Crippen molar-refractivity contribution in [3.05, 3.63) is 17.0 Å². The molecule has 1 aromatic rings. The summed E-state index contributed by atoms with van der Waals surface area (Å²) >= 11 is 0. The molecule has 0 amide bonds. The number of hydrogen-bond acceptors (Lipinski definition) is 3. The topological polar surface area (TPSA) is 52.0 Å². The molecule has 1 heterocycles. The molecular weight excluding hydrogens is 140 g/mol. The van der Waals surface area contributed by atoms with Crippen LogP contribution in [0.5, 0.6) is 0 Å². The average molecular weight is 152 g/mol. The third kappa shape index (κ3) is 0.878. The maximum atomic E-state index is 5.95. The molecule has 3 nitrogen and oxygen atoms in total. The van der Waals surface area contributed by atoms with Crippen LogP contribution in [0, 0.1) is 13.8 Å². The predicted molar refractivity (Wildman–Crippen MR) is 41.1 cm³/mol. The third-order valence-electron chi connectivity index (χ3n) is 2.40. The Morgan fingerprint density at radius 2 is 2.09 bits per heavy atom. The minimum absolute atomic E-state index is 0.175. The second-order valence-electron chi connectivity index (χ2n) is 3.38. The van der Waals surface area contributed by atoms with Gasteiger partial charge in [0.1, 0.15) is 0 Å². The van der Waals surface area contributed by atoms with Crippen molar-refractivity contribution in [2.24, 2.45) is 5.73 Å². The summed E-state index contributed by atoms with van der Waals surface area (Å²) in [5.74, 6) is 0.884. The van der Waals surface area contributed by atoms with Crippen molar-refractivity contribution in [2.75, 3.05) is 0 Å². The Balaban J connectivity index is 2.45. The molecule has 60 valence electrons. The molecule has 1 saturated carbocycles. The zero-order valence-corrected chi connectivity index (χ0v) is 6.85. The standard InChI is InChI=1S/C8H12N2O/c1-5-6(2)10-11-7(5)8(9)3-4-8/h3-4,9H2,1-2H3. The Labute approximate surface area is 65.6 Å². The van der Waals surface area contributed by atoms with Crippen LogP contribution in [-0.4, -0.2) is 5.16 Å². The quantitative estimate of drug-likeness (QED) is 0.658. The van der Waals surface area contributed by atoms with Gasteiger partial charge in [-0.1, -0.05) is 5.16 Å². The second kappa shape index (κ2) is 1.85. The van der Waals surface area contributed by atoms with Crippen molar-refractivity contribution in [3.8, 4) is 0 Å². The summed E-state index contributed by atoms with van der Waals surface area (Å²) in [5, 5.41) is 3.87. The maximum Gasteiger partial charge on any atom is 0.159 e. The molecular formula is C8H12N2O. The Bertz CT molecular complexity index is 286. The largest absolute Gasteiger partial charge is 0.359 e.